The first-order valence-corrected chi connectivity index (χ1v) is 4.49. The maximum atomic E-state index is 9.30. The maximum absolute atomic E-state index is 9.30. The average Bonchev–Trinajstić information content (AvgIpc) is 2.27. The van der Waals surface area contributed by atoms with E-state index < -0.39 is 0 Å². The van der Waals surface area contributed by atoms with Gasteiger partial charge in [0.15, 0.2) is 5.13 Å². The third-order valence-corrected chi connectivity index (χ3v) is 2.88. The first kappa shape index (κ1) is 7.06. The molecular weight excluding hydrogens is 160 g/mol. The van der Waals surface area contributed by atoms with Crippen LogP contribution in [0.25, 0.3) is 0 Å². The summed E-state index contributed by atoms with van der Waals surface area (Å²) in [6, 6.07) is 0. The van der Waals surface area contributed by atoms with Gasteiger partial charge in [-0.2, -0.15) is 0 Å². The van der Waals surface area contributed by atoms with Crippen LogP contribution in [0.2, 0.25) is 0 Å². The fourth-order valence-corrected chi connectivity index (χ4v) is 2.33. The van der Waals surface area contributed by atoms with Gasteiger partial charge in [-0.1, -0.05) is 0 Å². The molecule has 0 radical (unpaired) electrons. The van der Waals surface area contributed by atoms with Crippen LogP contribution in [0.4, 0.5) is 5.13 Å². The Kier molecular flexibility index (Phi) is 1.58. The van der Waals surface area contributed by atoms with Crippen molar-refractivity contribution in [3.8, 4) is 0 Å². The highest BCUT2D eigenvalue weighted by Gasteiger charge is 2.19. The van der Waals surface area contributed by atoms with Gasteiger partial charge < -0.3 is 10.8 Å². The van der Waals surface area contributed by atoms with Crippen molar-refractivity contribution in [1.82, 2.24) is 4.98 Å². The normalized spacial score (nSPS) is 23.2. The average molecular weight is 170 g/mol. The predicted octanol–water partition coefficient (Wildman–Crippen LogP) is 0.575. The summed E-state index contributed by atoms with van der Waals surface area (Å²) >= 11 is 1.50. The lowest BCUT2D eigenvalue weighted by Gasteiger charge is -2.14. The van der Waals surface area contributed by atoms with Crippen LogP contribution in [0.5, 0.6) is 0 Å². The Balaban J connectivity index is 2.34. The molecule has 0 bridgehead atoms. The molecule has 3 nitrogen and oxygen atoms in total. The number of aliphatic hydroxyl groups is 1. The molecule has 1 unspecified atom stereocenters. The summed E-state index contributed by atoms with van der Waals surface area (Å²) in [5, 5.41) is 9.93. The molecule has 1 aromatic heterocycles. The number of hydrogen-bond acceptors (Lipinski definition) is 4. The molecule has 1 aliphatic rings. The van der Waals surface area contributed by atoms with E-state index in [0.717, 1.165) is 25.0 Å². The number of fused-ring (bicyclic) bond motifs is 1. The number of aryl methyl sites for hydroxylation is 1. The molecule has 4 heteroatoms. The molecule has 0 aliphatic heterocycles. The highest BCUT2D eigenvalue weighted by atomic mass is 32.1. The molecule has 60 valence electrons. The summed E-state index contributed by atoms with van der Waals surface area (Å²) in [6.07, 6.45) is 2.27. The van der Waals surface area contributed by atoms with Crippen molar-refractivity contribution in [3.63, 3.8) is 0 Å². The number of aromatic nitrogens is 1. The van der Waals surface area contributed by atoms with Crippen LogP contribution < -0.4 is 5.73 Å². The van der Waals surface area contributed by atoms with Crippen molar-refractivity contribution in [2.75, 3.05) is 5.73 Å². The molecule has 1 aliphatic carbocycles. The van der Waals surface area contributed by atoms with Gasteiger partial charge in [-0.15, -0.1) is 11.3 Å². The van der Waals surface area contributed by atoms with Gasteiger partial charge in [0.2, 0.25) is 0 Å². The second-order valence-corrected chi connectivity index (χ2v) is 3.93. The van der Waals surface area contributed by atoms with E-state index in [-0.39, 0.29) is 6.10 Å². The van der Waals surface area contributed by atoms with E-state index in [9.17, 15) is 5.11 Å². The van der Waals surface area contributed by atoms with Crippen LogP contribution in [0.15, 0.2) is 0 Å². The summed E-state index contributed by atoms with van der Waals surface area (Å²) in [7, 11) is 0. The second-order valence-electron chi connectivity index (χ2n) is 2.82. The Morgan fingerprint density at radius 3 is 3.27 bits per heavy atom. The molecule has 0 fully saturated rings. The topological polar surface area (TPSA) is 59.1 Å². The Labute approximate surface area is 68.9 Å². The van der Waals surface area contributed by atoms with Crippen LogP contribution in [-0.2, 0) is 12.8 Å². The Hall–Kier alpha value is -0.610. The number of nitrogens with two attached hydrogens (primary N) is 1. The fourth-order valence-electron chi connectivity index (χ4n) is 1.38. The third-order valence-electron chi connectivity index (χ3n) is 1.93. The summed E-state index contributed by atoms with van der Waals surface area (Å²) in [4.78, 5) is 5.34. The first-order valence-electron chi connectivity index (χ1n) is 3.68. The Bertz CT molecular complexity index is 271. The maximum Gasteiger partial charge on any atom is 0.180 e. The Morgan fingerprint density at radius 2 is 2.45 bits per heavy atom. The highest BCUT2D eigenvalue weighted by molar-refractivity contribution is 7.15. The van der Waals surface area contributed by atoms with Crippen molar-refractivity contribution in [3.05, 3.63) is 10.6 Å². The fraction of sp³-hybridized carbons (Fsp3) is 0.571. The van der Waals surface area contributed by atoms with E-state index in [2.05, 4.69) is 4.98 Å². The van der Waals surface area contributed by atoms with Crippen molar-refractivity contribution in [2.45, 2.75) is 25.4 Å². The molecule has 0 amide bonds. The molecule has 11 heavy (non-hydrogen) atoms. The highest BCUT2D eigenvalue weighted by Crippen LogP contribution is 2.27. The summed E-state index contributed by atoms with van der Waals surface area (Å²) < 4.78 is 0. The molecule has 0 saturated carbocycles. The van der Waals surface area contributed by atoms with Crippen LogP contribution in [0, 0.1) is 0 Å². The SMILES string of the molecule is Nc1nc2c(s1)CC(O)CC2. The van der Waals surface area contributed by atoms with Crippen molar-refractivity contribution >= 4 is 16.5 Å². The molecule has 2 rings (SSSR count). The minimum Gasteiger partial charge on any atom is -0.393 e. The van der Waals surface area contributed by atoms with E-state index >= 15 is 0 Å². The number of nitrogens with zero attached hydrogens (tertiary/aromatic N) is 1. The minimum absolute atomic E-state index is 0.178. The second kappa shape index (κ2) is 2.46. The van der Waals surface area contributed by atoms with E-state index in [1.165, 1.54) is 16.2 Å². The van der Waals surface area contributed by atoms with Gasteiger partial charge in [0.1, 0.15) is 0 Å². The minimum atomic E-state index is -0.178. The lowest BCUT2D eigenvalue weighted by molar-refractivity contribution is 0.159. The summed E-state index contributed by atoms with van der Waals surface area (Å²) in [5.74, 6) is 0. The van der Waals surface area contributed by atoms with Gasteiger partial charge in [-0.05, 0) is 12.8 Å². The zero-order valence-corrected chi connectivity index (χ0v) is 6.90. The summed E-state index contributed by atoms with van der Waals surface area (Å²) in [6.45, 7) is 0. The monoisotopic (exact) mass is 170 g/mol. The number of hydrogen-bond donors (Lipinski definition) is 2. The standard InChI is InChI=1S/C7H10N2OS/c8-7-9-5-2-1-4(10)3-6(5)11-7/h4,10H,1-3H2,(H2,8,9). The number of thiazole rings is 1. The molecule has 0 spiro atoms. The zero-order valence-electron chi connectivity index (χ0n) is 6.08. The van der Waals surface area contributed by atoms with Gasteiger partial charge in [0.25, 0.3) is 0 Å². The first-order chi connectivity index (χ1) is 5.25. The number of anilines is 1. The molecule has 0 aromatic carbocycles. The molecule has 3 N–H and O–H groups in total. The van der Waals surface area contributed by atoms with Gasteiger partial charge >= 0.3 is 0 Å². The number of aliphatic hydroxyl groups excluding tert-OH is 1. The third kappa shape index (κ3) is 1.23. The van der Waals surface area contributed by atoms with Crippen LogP contribution >= 0.6 is 11.3 Å². The quantitative estimate of drug-likeness (QED) is 0.598. The lowest BCUT2D eigenvalue weighted by Crippen LogP contribution is -2.17. The summed E-state index contributed by atoms with van der Waals surface area (Å²) in [5.41, 5.74) is 6.62. The lowest BCUT2D eigenvalue weighted by atomic mass is 10.0. The van der Waals surface area contributed by atoms with Crippen molar-refractivity contribution in [2.24, 2.45) is 0 Å². The van der Waals surface area contributed by atoms with Gasteiger partial charge in [0.05, 0.1) is 11.8 Å². The molecule has 1 atom stereocenters. The van der Waals surface area contributed by atoms with Gasteiger partial charge in [-0.25, -0.2) is 4.98 Å². The molecule has 1 aromatic rings. The van der Waals surface area contributed by atoms with Crippen LogP contribution in [0.3, 0.4) is 0 Å². The van der Waals surface area contributed by atoms with Crippen molar-refractivity contribution in [1.29, 1.82) is 0 Å². The van der Waals surface area contributed by atoms with E-state index in [0.29, 0.717) is 5.13 Å². The van der Waals surface area contributed by atoms with Gasteiger partial charge in [0, 0.05) is 11.3 Å². The molecular formula is C7H10N2OS. The van der Waals surface area contributed by atoms with Crippen LogP contribution in [-0.4, -0.2) is 16.2 Å². The van der Waals surface area contributed by atoms with Crippen LogP contribution in [0.1, 0.15) is 17.0 Å². The molecule has 1 heterocycles. The zero-order chi connectivity index (χ0) is 7.84. The molecule has 0 saturated heterocycles. The van der Waals surface area contributed by atoms with E-state index in [1.807, 2.05) is 0 Å². The van der Waals surface area contributed by atoms with E-state index in [1.54, 1.807) is 0 Å². The predicted molar refractivity (Wildman–Crippen MR) is 44.6 cm³/mol. The Morgan fingerprint density at radius 1 is 1.64 bits per heavy atom. The van der Waals surface area contributed by atoms with E-state index in [4.69, 9.17) is 5.73 Å². The smallest absolute Gasteiger partial charge is 0.180 e. The number of nitrogen functional groups attached to an aromatic ring is 1. The number of rotatable bonds is 0. The van der Waals surface area contributed by atoms with Crippen molar-refractivity contribution < 1.29 is 5.11 Å². The largest absolute Gasteiger partial charge is 0.393 e. The van der Waals surface area contributed by atoms with Gasteiger partial charge in [-0.3, -0.25) is 0 Å².